The number of benzene rings is 3. The van der Waals surface area contributed by atoms with Gasteiger partial charge in [-0.3, -0.25) is 4.79 Å². The zero-order chi connectivity index (χ0) is 22.4. The Hall–Kier alpha value is -3.31. The summed E-state index contributed by atoms with van der Waals surface area (Å²) < 4.78 is 5.91. The summed E-state index contributed by atoms with van der Waals surface area (Å²) in [5.74, 6) is -1.00. The average molecular weight is 438 g/mol. The van der Waals surface area contributed by atoms with Crippen molar-refractivity contribution in [2.75, 3.05) is 6.61 Å². The summed E-state index contributed by atoms with van der Waals surface area (Å²) in [6, 6.07) is 19.0. The van der Waals surface area contributed by atoms with Crippen LogP contribution in [0.2, 0.25) is 5.02 Å². The van der Waals surface area contributed by atoms with Crippen molar-refractivity contribution in [2.45, 2.75) is 26.3 Å². The Morgan fingerprint density at radius 3 is 2.48 bits per heavy atom. The molecule has 0 saturated carbocycles. The van der Waals surface area contributed by atoms with Crippen LogP contribution < -0.4 is 10.1 Å². The summed E-state index contributed by atoms with van der Waals surface area (Å²) in [5.41, 5.74) is 3.34. The van der Waals surface area contributed by atoms with Gasteiger partial charge in [0.15, 0.2) is 0 Å². The van der Waals surface area contributed by atoms with Crippen LogP contribution in [0.5, 0.6) is 5.75 Å². The lowest BCUT2D eigenvalue weighted by Crippen LogP contribution is -2.28. The molecule has 3 aromatic rings. The van der Waals surface area contributed by atoms with E-state index in [9.17, 15) is 14.7 Å². The van der Waals surface area contributed by atoms with Crippen LogP contribution in [0.4, 0.5) is 0 Å². The van der Waals surface area contributed by atoms with Gasteiger partial charge in [0.1, 0.15) is 5.75 Å². The average Bonchev–Trinajstić information content (AvgIpc) is 2.75. The second-order valence-corrected chi connectivity index (χ2v) is 7.69. The maximum atomic E-state index is 13.0. The topological polar surface area (TPSA) is 75.6 Å². The summed E-state index contributed by atoms with van der Waals surface area (Å²) in [7, 11) is 0. The van der Waals surface area contributed by atoms with E-state index in [1.165, 1.54) is 17.2 Å². The second-order valence-electron chi connectivity index (χ2n) is 7.25. The molecule has 31 heavy (non-hydrogen) atoms. The van der Waals surface area contributed by atoms with Crippen molar-refractivity contribution in [3.63, 3.8) is 0 Å². The van der Waals surface area contributed by atoms with Gasteiger partial charge < -0.3 is 15.2 Å². The normalized spacial score (nSPS) is 11.6. The van der Waals surface area contributed by atoms with E-state index < -0.39 is 12.0 Å². The van der Waals surface area contributed by atoms with Gasteiger partial charge in [-0.05, 0) is 54.8 Å². The predicted molar refractivity (Wildman–Crippen MR) is 121 cm³/mol. The molecular formula is C25H24ClNO4. The van der Waals surface area contributed by atoms with Crippen molar-refractivity contribution in [1.82, 2.24) is 5.32 Å². The standard InChI is InChI=1S/C25H24ClNO4/c1-16-7-3-4-8-18(16)13-14-31-23-12-11-19(26)15-22(23)24(28)27-17(2)20-9-5-6-10-21(20)25(29)30/h3-12,15,17H,13-14H2,1-2H3,(H,27,28)(H,29,30)/t17-/m0/s1. The highest BCUT2D eigenvalue weighted by Gasteiger charge is 2.20. The van der Waals surface area contributed by atoms with Crippen molar-refractivity contribution in [1.29, 1.82) is 0 Å². The molecule has 0 aliphatic heterocycles. The highest BCUT2D eigenvalue weighted by Crippen LogP contribution is 2.25. The first kappa shape index (κ1) is 22.4. The number of carbonyl (C=O) groups is 2. The van der Waals surface area contributed by atoms with Crippen LogP contribution >= 0.6 is 11.6 Å². The number of aromatic carboxylic acids is 1. The van der Waals surface area contributed by atoms with Crippen molar-refractivity contribution in [3.8, 4) is 5.75 Å². The lowest BCUT2D eigenvalue weighted by molar-refractivity contribution is 0.0693. The minimum Gasteiger partial charge on any atom is -0.492 e. The van der Waals surface area contributed by atoms with E-state index in [4.69, 9.17) is 16.3 Å². The SMILES string of the molecule is Cc1ccccc1CCOc1ccc(Cl)cc1C(=O)N[C@@H](C)c1ccccc1C(=O)O. The molecule has 0 aliphatic carbocycles. The van der Waals surface area contributed by atoms with Gasteiger partial charge in [-0.2, -0.15) is 0 Å². The van der Waals surface area contributed by atoms with E-state index in [2.05, 4.69) is 11.4 Å². The van der Waals surface area contributed by atoms with Crippen LogP contribution in [0.1, 0.15) is 50.4 Å². The van der Waals surface area contributed by atoms with E-state index in [1.54, 1.807) is 43.3 Å². The van der Waals surface area contributed by atoms with Crippen molar-refractivity contribution >= 4 is 23.5 Å². The van der Waals surface area contributed by atoms with Gasteiger partial charge in [-0.25, -0.2) is 4.79 Å². The fourth-order valence-electron chi connectivity index (χ4n) is 3.39. The van der Waals surface area contributed by atoms with Gasteiger partial charge in [-0.15, -0.1) is 0 Å². The van der Waals surface area contributed by atoms with E-state index in [-0.39, 0.29) is 11.5 Å². The fourth-order valence-corrected chi connectivity index (χ4v) is 3.56. The smallest absolute Gasteiger partial charge is 0.336 e. The quantitative estimate of drug-likeness (QED) is 0.490. The number of aryl methyl sites for hydroxylation is 1. The molecule has 0 spiro atoms. The highest BCUT2D eigenvalue weighted by molar-refractivity contribution is 6.31. The number of carboxylic acid groups (broad SMARTS) is 1. The summed E-state index contributed by atoms with van der Waals surface area (Å²) in [6.07, 6.45) is 0.707. The summed E-state index contributed by atoms with van der Waals surface area (Å²) in [6.45, 7) is 4.19. The number of rotatable bonds is 8. The molecule has 0 unspecified atom stereocenters. The highest BCUT2D eigenvalue weighted by atomic mass is 35.5. The maximum Gasteiger partial charge on any atom is 0.336 e. The monoisotopic (exact) mass is 437 g/mol. The van der Waals surface area contributed by atoms with E-state index >= 15 is 0 Å². The third kappa shape index (κ3) is 5.64. The Morgan fingerprint density at radius 1 is 1.03 bits per heavy atom. The number of carboxylic acids is 1. The fraction of sp³-hybridized carbons (Fsp3) is 0.200. The van der Waals surface area contributed by atoms with E-state index in [0.29, 0.717) is 34.9 Å². The molecule has 1 atom stereocenters. The van der Waals surface area contributed by atoms with Gasteiger partial charge in [0.25, 0.3) is 5.91 Å². The van der Waals surface area contributed by atoms with Gasteiger partial charge in [-0.1, -0.05) is 54.1 Å². The van der Waals surface area contributed by atoms with Crippen molar-refractivity contribution in [2.24, 2.45) is 0 Å². The molecule has 1 amide bonds. The molecule has 0 aliphatic rings. The molecule has 6 heteroatoms. The molecule has 0 saturated heterocycles. The van der Waals surface area contributed by atoms with E-state index in [0.717, 1.165) is 0 Å². The first-order valence-electron chi connectivity index (χ1n) is 9.96. The molecule has 0 fully saturated rings. The molecule has 0 heterocycles. The van der Waals surface area contributed by atoms with Crippen molar-refractivity contribution < 1.29 is 19.4 Å². The summed E-state index contributed by atoms with van der Waals surface area (Å²) in [5, 5.41) is 12.7. The lowest BCUT2D eigenvalue weighted by atomic mass is 10.0. The number of hydrogen-bond donors (Lipinski definition) is 2. The van der Waals surface area contributed by atoms with Crippen LogP contribution in [0.3, 0.4) is 0 Å². The molecule has 0 bridgehead atoms. The minimum absolute atomic E-state index is 0.149. The zero-order valence-electron chi connectivity index (χ0n) is 17.4. The number of carbonyl (C=O) groups excluding carboxylic acids is 1. The van der Waals surface area contributed by atoms with Crippen molar-refractivity contribution in [3.05, 3.63) is 99.6 Å². The van der Waals surface area contributed by atoms with E-state index in [1.807, 2.05) is 25.1 Å². The number of nitrogens with one attached hydrogen (secondary N) is 1. The van der Waals surface area contributed by atoms with Gasteiger partial charge >= 0.3 is 5.97 Å². The van der Waals surface area contributed by atoms with Crippen LogP contribution in [0.15, 0.2) is 66.7 Å². The number of halogens is 1. The third-order valence-corrected chi connectivity index (χ3v) is 5.32. The Balaban J connectivity index is 1.74. The molecule has 0 aromatic heterocycles. The largest absolute Gasteiger partial charge is 0.492 e. The van der Waals surface area contributed by atoms with Crippen LogP contribution in [-0.4, -0.2) is 23.6 Å². The number of ether oxygens (including phenoxy) is 1. The molecular weight excluding hydrogens is 414 g/mol. The van der Waals surface area contributed by atoms with Crippen LogP contribution in [-0.2, 0) is 6.42 Å². The first-order valence-corrected chi connectivity index (χ1v) is 10.3. The Labute approximate surface area is 186 Å². The van der Waals surface area contributed by atoms with Crippen LogP contribution in [0, 0.1) is 6.92 Å². The third-order valence-electron chi connectivity index (χ3n) is 5.08. The van der Waals surface area contributed by atoms with Gasteiger partial charge in [0.05, 0.1) is 23.8 Å². The Bertz CT molecular complexity index is 1100. The Morgan fingerprint density at radius 2 is 1.74 bits per heavy atom. The molecule has 160 valence electrons. The Kier molecular flexibility index (Phi) is 7.32. The second kappa shape index (κ2) is 10.1. The van der Waals surface area contributed by atoms with Crippen LogP contribution in [0.25, 0.3) is 0 Å². The van der Waals surface area contributed by atoms with Gasteiger partial charge in [0, 0.05) is 11.4 Å². The zero-order valence-corrected chi connectivity index (χ0v) is 18.1. The van der Waals surface area contributed by atoms with Gasteiger partial charge in [0.2, 0.25) is 0 Å². The molecule has 2 N–H and O–H groups in total. The molecule has 3 aromatic carbocycles. The first-order chi connectivity index (χ1) is 14.9. The number of amides is 1. The predicted octanol–water partition coefficient (Wildman–Crippen LogP) is 5.46. The summed E-state index contributed by atoms with van der Waals surface area (Å²) in [4.78, 5) is 24.5. The molecule has 0 radical (unpaired) electrons. The number of hydrogen-bond acceptors (Lipinski definition) is 3. The summed E-state index contributed by atoms with van der Waals surface area (Å²) >= 11 is 6.12. The minimum atomic E-state index is -1.04. The molecule has 3 rings (SSSR count). The lowest BCUT2D eigenvalue weighted by Gasteiger charge is -2.18. The maximum absolute atomic E-state index is 13.0. The molecule has 5 nitrogen and oxygen atoms in total.